The summed E-state index contributed by atoms with van der Waals surface area (Å²) in [5.74, 6) is -0.211. The minimum absolute atomic E-state index is 0.0630. The maximum absolute atomic E-state index is 12.7. The Morgan fingerprint density at radius 1 is 1.33 bits per heavy atom. The number of benzene rings is 1. The van der Waals surface area contributed by atoms with E-state index in [1.807, 2.05) is 0 Å². The van der Waals surface area contributed by atoms with Gasteiger partial charge in [0.15, 0.2) is 9.84 Å². The first-order valence-corrected chi connectivity index (χ1v) is 10.5. The van der Waals surface area contributed by atoms with Gasteiger partial charge in [-0.1, -0.05) is 29.8 Å². The molecule has 3 rings (SSSR count). The molecular formula is C16H17ClN2O3S2. The van der Waals surface area contributed by atoms with E-state index < -0.39 is 15.1 Å². The van der Waals surface area contributed by atoms with Crippen LogP contribution in [-0.2, 0) is 9.84 Å². The maximum Gasteiger partial charge on any atom is 0.265 e. The SMILES string of the molecule is Cc1ncsc1C(=O)N1CCC(c2ccccc2Cl)S(=O)(=O)CC1. The molecule has 0 N–H and O–H groups in total. The van der Waals surface area contributed by atoms with Crippen LogP contribution in [0, 0.1) is 6.92 Å². The minimum atomic E-state index is -3.37. The number of aromatic nitrogens is 1. The number of sulfone groups is 1. The van der Waals surface area contributed by atoms with Gasteiger partial charge in [-0.05, 0) is 25.0 Å². The van der Waals surface area contributed by atoms with Crippen molar-refractivity contribution >= 4 is 38.7 Å². The number of nitrogens with zero attached hydrogens (tertiary/aromatic N) is 2. The monoisotopic (exact) mass is 384 g/mol. The van der Waals surface area contributed by atoms with E-state index in [4.69, 9.17) is 11.6 Å². The molecule has 1 amide bonds. The lowest BCUT2D eigenvalue weighted by molar-refractivity contribution is 0.0770. The Morgan fingerprint density at radius 2 is 2.08 bits per heavy atom. The third-order valence-electron chi connectivity index (χ3n) is 4.22. The predicted molar refractivity (Wildman–Crippen MR) is 95.4 cm³/mol. The number of halogens is 1. The minimum Gasteiger partial charge on any atom is -0.337 e. The third kappa shape index (κ3) is 3.34. The molecule has 2 aromatic rings. The van der Waals surface area contributed by atoms with E-state index in [2.05, 4.69) is 4.98 Å². The van der Waals surface area contributed by atoms with E-state index in [0.29, 0.717) is 34.1 Å². The molecule has 1 saturated heterocycles. The van der Waals surface area contributed by atoms with Gasteiger partial charge in [-0.3, -0.25) is 4.79 Å². The van der Waals surface area contributed by atoms with Gasteiger partial charge >= 0.3 is 0 Å². The van der Waals surface area contributed by atoms with Crippen LogP contribution < -0.4 is 0 Å². The number of thiazole rings is 1. The normalized spacial score (nSPS) is 20.6. The fourth-order valence-corrected chi connectivity index (χ4v) is 5.80. The largest absolute Gasteiger partial charge is 0.337 e. The van der Waals surface area contributed by atoms with Crippen LogP contribution in [0.4, 0.5) is 0 Å². The Labute approximate surface area is 150 Å². The summed E-state index contributed by atoms with van der Waals surface area (Å²) in [5.41, 5.74) is 2.92. The van der Waals surface area contributed by atoms with Crippen LogP contribution in [0.15, 0.2) is 29.8 Å². The molecule has 0 radical (unpaired) electrons. The van der Waals surface area contributed by atoms with E-state index in [9.17, 15) is 13.2 Å². The molecule has 1 atom stereocenters. The van der Waals surface area contributed by atoms with E-state index in [1.54, 1.807) is 41.6 Å². The van der Waals surface area contributed by atoms with E-state index in [1.165, 1.54) is 11.3 Å². The number of amides is 1. The van der Waals surface area contributed by atoms with Gasteiger partial charge < -0.3 is 4.90 Å². The summed E-state index contributed by atoms with van der Waals surface area (Å²) >= 11 is 7.47. The molecule has 1 fully saturated rings. The number of carbonyl (C=O) groups excluding carboxylic acids is 1. The van der Waals surface area contributed by atoms with Crippen molar-refractivity contribution in [3.63, 3.8) is 0 Å². The summed E-state index contributed by atoms with van der Waals surface area (Å²) < 4.78 is 25.3. The standard InChI is InChI=1S/C16H17ClN2O3S2/c1-11-15(23-10-18-11)16(20)19-7-6-14(24(21,22)9-8-19)12-4-2-3-5-13(12)17/h2-5,10,14H,6-9H2,1H3. The lowest BCUT2D eigenvalue weighted by Gasteiger charge is -2.19. The Morgan fingerprint density at radius 3 is 2.75 bits per heavy atom. The molecule has 1 aliphatic heterocycles. The average molecular weight is 385 g/mol. The molecule has 1 aromatic carbocycles. The van der Waals surface area contributed by atoms with Crippen LogP contribution in [0.5, 0.6) is 0 Å². The van der Waals surface area contributed by atoms with Crippen LogP contribution in [0.3, 0.4) is 0 Å². The lowest BCUT2D eigenvalue weighted by Crippen LogP contribution is -2.33. The van der Waals surface area contributed by atoms with Gasteiger partial charge in [0.05, 0.1) is 22.2 Å². The van der Waals surface area contributed by atoms with Crippen LogP contribution in [-0.4, -0.2) is 43.1 Å². The highest BCUT2D eigenvalue weighted by Crippen LogP contribution is 2.34. The molecule has 2 heterocycles. The molecule has 1 aromatic heterocycles. The predicted octanol–water partition coefficient (Wildman–Crippen LogP) is 3.11. The highest BCUT2D eigenvalue weighted by molar-refractivity contribution is 7.91. The fourth-order valence-electron chi connectivity index (χ4n) is 2.88. The summed E-state index contributed by atoms with van der Waals surface area (Å²) in [5, 5.41) is -0.226. The van der Waals surface area contributed by atoms with E-state index in [-0.39, 0.29) is 18.2 Å². The molecule has 24 heavy (non-hydrogen) atoms. The second-order valence-electron chi connectivity index (χ2n) is 5.72. The van der Waals surface area contributed by atoms with Crippen LogP contribution >= 0.6 is 22.9 Å². The summed E-state index contributed by atoms with van der Waals surface area (Å²) in [6, 6.07) is 7.00. The van der Waals surface area contributed by atoms with Gasteiger partial charge in [0.25, 0.3) is 5.91 Å². The Hall–Kier alpha value is -1.44. The quantitative estimate of drug-likeness (QED) is 0.797. The van der Waals surface area contributed by atoms with Gasteiger partial charge in [0.2, 0.25) is 0 Å². The van der Waals surface area contributed by atoms with Crippen LogP contribution in [0.2, 0.25) is 5.02 Å². The fraction of sp³-hybridized carbons (Fsp3) is 0.375. The van der Waals surface area contributed by atoms with Crippen molar-refractivity contribution in [2.45, 2.75) is 18.6 Å². The van der Waals surface area contributed by atoms with E-state index >= 15 is 0 Å². The van der Waals surface area contributed by atoms with Crippen molar-refractivity contribution < 1.29 is 13.2 Å². The lowest BCUT2D eigenvalue weighted by atomic mass is 10.1. The van der Waals surface area contributed by atoms with Gasteiger partial charge in [-0.2, -0.15) is 0 Å². The molecule has 0 bridgehead atoms. The summed E-state index contributed by atoms with van der Waals surface area (Å²) in [6.45, 7) is 2.36. The van der Waals surface area contributed by atoms with Crippen molar-refractivity contribution in [2.24, 2.45) is 0 Å². The number of rotatable bonds is 2. The molecule has 0 aliphatic carbocycles. The highest BCUT2D eigenvalue weighted by Gasteiger charge is 2.34. The van der Waals surface area contributed by atoms with Crippen LogP contribution in [0.25, 0.3) is 0 Å². The number of hydrogen-bond acceptors (Lipinski definition) is 5. The summed E-state index contributed by atoms with van der Waals surface area (Å²) in [6.07, 6.45) is 0.343. The molecule has 128 valence electrons. The van der Waals surface area contributed by atoms with Gasteiger partial charge in [-0.15, -0.1) is 11.3 Å². The first-order valence-electron chi connectivity index (χ1n) is 7.55. The third-order valence-corrected chi connectivity index (χ3v) is 7.59. The Balaban J connectivity index is 1.86. The maximum atomic E-state index is 12.7. The van der Waals surface area contributed by atoms with Gasteiger partial charge in [-0.25, -0.2) is 13.4 Å². The zero-order valence-electron chi connectivity index (χ0n) is 13.1. The zero-order valence-corrected chi connectivity index (χ0v) is 15.5. The highest BCUT2D eigenvalue weighted by atomic mass is 35.5. The molecule has 1 unspecified atom stereocenters. The Bertz CT molecular complexity index is 864. The van der Waals surface area contributed by atoms with Crippen molar-refractivity contribution in [1.29, 1.82) is 0 Å². The van der Waals surface area contributed by atoms with Crippen molar-refractivity contribution in [3.05, 3.63) is 50.9 Å². The zero-order chi connectivity index (χ0) is 17.3. The topological polar surface area (TPSA) is 67.3 Å². The van der Waals surface area contributed by atoms with Gasteiger partial charge in [0.1, 0.15) is 4.88 Å². The molecule has 1 aliphatic rings. The van der Waals surface area contributed by atoms with Crippen molar-refractivity contribution in [2.75, 3.05) is 18.8 Å². The van der Waals surface area contributed by atoms with Crippen molar-refractivity contribution in [3.8, 4) is 0 Å². The first-order chi connectivity index (χ1) is 11.4. The Kier molecular flexibility index (Phi) is 4.94. The average Bonchev–Trinajstić information content (AvgIpc) is 2.90. The summed E-state index contributed by atoms with van der Waals surface area (Å²) in [7, 11) is -3.37. The van der Waals surface area contributed by atoms with Crippen LogP contribution in [0.1, 0.15) is 32.6 Å². The number of carbonyl (C=O) groups is 1. The smallest absolute Gasteiger partial charge is 0.265 e. The van der Waals surface area contributed by atoms with Gasteiger partial charge in [0, 0.05) is 18.1 Å². The molecule has 0 spiro atoms. The van der Waals surface area contributed by atoms with Crippen molar-refractivity contribution in [1.82, 2.24) is 9.88 Å². The number of aryl methyl sites for hydroxylation is 1. The number of hydrogen-bond donors (Lipinski definition) is 0. The van der Waals surface area contributed by atoms with E-state index in [0.717, 1.165) is 0 Å². The first kappa shape index (κ1) is 17.4. The molecule has 5 nitrogen and oxygen atoms in total. The second kappa shape index (κ2) is 6.82. The molecule has 0 saturated carbocycles. The molecular weight excluding hydrogens is 368 g/mol. The molecule has 8 heteroatoms. The second-order valence-corrected chi connectivity index (χ2v) is 9.29. The summed E-state index contributed by atoms with van der Waals surface area (Å²) in [4.78, 5) is 18.9.